The summed E-state index contributed by atoms with van der Waals surface area (Å²) in [5.41, 5.74) is 3.09. The summed E-state index contributed by atoms with van der Waals surface area (Å²) in [6, 6.07) is 0. The first-order valence-electron chi connectivity index (χ1n) is 11.5. The van der Waals surface area contributed by atoms with Gasteiger partial charge in [-0.25, -0.2) is 0 Å². The van der Waals surface area contributed by atoms with Crippen LogP contribution >= 0.6 is 0 Å². The molecule has 0 bridgehead atoms. The normalized spacial score (nSPS) is 27.8. The van der Waals surface area contributed by atoms with Gasteiger partial charge in [-0.15, -0.1) is 0 Å². The Kier molecular flexibility index (Phi) is 10.1. The minimum Gasteiger partial charge on any atom is -0.462 e. The van der Waals surface area contributed by atoms with Crippen LogP contribution < -0.4 is 0 Å². The molecule has 0 saturated heterocycles. The topological polar surface area (TPSA) is 108 Å². The highest BCUT2D eigenvalue weighted by Gasteiger charge is 2.44. The van der Waals surface area contributed by atoms with E-state index in [0.29, 0.717) is 24.8 Å². The van der Waals surface area contributed by atoms with E-state index in [9.17, 15) is 19.5 Å². The number of aliphatic hydroxyl groups is 1. The molecule has 1 heterocycles. The van der Waals surface area contributed by atoms with Crippen molar-refractivity contribution in [2.24, 2.45) is 11.8 Å². The molecule has 0 amide bonds. The van der Waals surface area contributed by atoms with Crippen molar-refractivity contribution >= 4 is 17.9 Å². The lowest BCUT2D eigenvalue weighted by Crippen LogP contribution is -2.43. The van der Waals surface area contributed by atoms with Gasteiger partial charge in [0.2, 0.25) is 6.29 Å². The molecule has 0 radical (unpaired) electrons. The molecule has 0 aromatic rings. The van der Waals surface area contributed by atoms with E-state index in [1.807, 2.05) is 19.9 Å². The minimum atomic E-state index is -0.939. The molecule has 0 saturated carbocycles. The monoisotopic (exact) mass is 476 g/mol. The van der Waals surface area contributed by atoms with Crippen LogP contribution in [0.15, 0.2) is 47.3 Å². The van der Waals surface area contributed by atoms with Crippen molar-refractivity contribution in [3.05, 3.63) is 47.3 Å². The summed E-state index contributed by atoms with van der Waals surface area (Å²) in [5, 5.41) is 10.8. The van der Waals surface area contributed by atoms with E-state index in [2.05, 4.69) is 12.7 Å². The molecule has 1 N–H and O–H groups in total. The van der Waals surface area contributed by atoms with Crippen LogP contribution in [0.4, 0.5) is 0 Å². The first-order chi connectivity index (χ1) is 16.0. The molecule has 2 aliphatic rings. The molecule has 0 unspecified atom stereocenters. The van der Waals surface area contributed by atoms with E-state index >= 15 is 0 Å². The van der Waals surface area contributed by atoms with Gasteiger partial charge < -0.3 is 24.1 Å². The summed E-state index contributed by atoms with van der Waals surface area (Å²) in [6.45, 7) is 12.0. The Balaban J connectivity index is 2.43. The second kappa shape index (κ2) is 12.6. The van der Waals surface area contributed by atoms with Crippen molar-refractivity contribution in [1.29, 1.82) is 0 Å². The predicted octanol–water partition coefficient (Wildman–Crippen LogP) is 3.90. The third-order valence-corrected chi connectivity index (χ3v) is 5.98. The number of fused-ring (bicyclic) bond motifs is 1. The lowest BCUT2D eigenvalue weighted by molar-refractivity contribution is -0.182. The number of ether oxygens (including phenoxy) is 4. The summed E-state index contributed by atoms with van der Waals surface area (Å²) in [7, 11) is 0. The molecular formula is C26H36O8. The zero-order chi connectivity index (χ0) is 25.4. The average Bonchev–Trinajstić information content (AvgIpc) is 2.78. The number of hydrogen-bond donors (Lipinski definition) is 1. The maximum absolute atomic E-state index is 11.9. The molecule has 1 aliphatic heterocycles. The highest BCUT2D eigenvalue weighted by atomic mass is 16.7. The van der Waals surface area contributed by atoms with Gasteiger partial charge in [0.05, 0.1) is 18.3 Å². The predicted molar refractivity (Wildman–Crippen MR) is 125 cm³/mol. The van der Waals surface area contributed by atoms with Crippen LogP contribution in [0.3, 0.4) is 0 Å². The highest BCUT2D eigenvalue weighted by Crippen LogP contribution is 2.43. The van der Waals surface area contributed by atoms with Gasteiger partial charge in [-0.2, -0.15) is 0 Å². The zero-order valence-corrected chi connectivity index (χ0v) is 20.7. The van der Waals surface area contributed by atoms with Crippen LogP contribution in [0.2, 0.25) is 0 Å². The fourth-order valence-electron chi connectivity index (χ4n) is 4.36. The smallest absolute Gasteiger partial charge is 0.305 e. The van der Waals surface area contributed by atoms with E-state index in [1.54, 1.807) is 0 Å². The zero-order valence-electron chi connectivity index (χ0n) is 20.7. The Morgan fingerprint density at radius 1 is 1.21 bits per heavy atom. The van der Waals surface area contributed by atoms with E-state index in [4.69, 9.17) is 18.9 Å². The maximum atomic E-state index is 11.9. The number of esters is 3. The van der Waals surface area contributed by atoms with Crippen LogP contribution in [0.25, 0.3) is 0 Å². The number of allylic oxidation sites excluding steroid dienone is 1. The maximum Gasteiger partial charge on any atom is 0.305 e. The van der Waals surface area contributed by atoms with Crippen molar-refractivity contribution in [3.8, 4) is 0 Å². The van der Waals surface area contributed by atoms with Gasteiger partial charge in [0.25, 0.3) is 0 Å². The molecule has 8 heteroatoms. The average molecular weight is 477 g/mol. The summed E-state index contributed by atoms with van der Waals surface area (Å²) in [5.74, 6) is -2.08. The molecule has 0 spiro atoms. The first kappa shape index (κ1) is 27.4. The van der Waals surface area contributed by atoms with Crippen LogP contribution in [0.1, 0.15) is 60.3 Å². The van der Waals surface area contributed by atoms with Gasteiger partial charge in [0, 0.05) is 38.7 Å². The second-order valence-corrected chi connectivity index (χ2v) is 8.95. The van der Waals surface area contributed by atoms with Crippen molar-refractivity contribution in [1.82, 2.24) is 0 Å². The van der Waals surface area contributed by atoms with Gasteiger partial charge in [0.15, 0.2) is 0 Å². The molecule has 5 atom stereocenters. The Morgan fingerprint density at radius 2 is 1.91 bits per heavy atom. The van der Waals surface area contributed by atoms with E-state index in [-0.39, 0.29) is 18.5 Å². The first-order valence-corrected chi connectivity index (χ1v) is 11.5. The fourth-order valence-corrected chi connectivity index (χ4v) is 4.36. The standard InChI is InChI=1S/C26H36O8/c1-15-8-7-9-21-22(24(33-19(5)28)11-10-16(2)13-31-18(4)27)14-32-26(34-20(6)29)25(21)17(3)23(30)12-15/h8,10,14,21,23-26,30H,3,7,9,11-13H2,1-2,4-6H3/b15-8-,16-10+/t21-,23-,24-,25+,26-/m1/s1. The van der Waals surface area contributed by atoms with Gasteiger partial charge in [-0.1, -0.05) is 24.3 Å². The summed E-state index contributed by atoms with van der Waals surface area (Å²) < 4.78 is 22.0. The third-order valence-electron chi connectivity index (χ3n) is 5.98. The lowest BCUT2D eigenvalue weighted by Gasteiger charge is -2.41. The van der Waals surface area contributed by atoms with E-state index < -0.39 is 36.4 Å². The van der Waals surface area contributed by atoms with Gasteiger partial charge in [-0.05, 0) is 44.3 Å². The molecule has 8 nitrogen and oxygen atoms in total. The molecule has 34 heavy (non-hydrogen) atoms. The lowest BCUT2D eigenvalue weighted by atomic mass is 9.74. The number of carbonyl (C=O) groups excluding carboxylic acids is 3. The van der Waals surface area contributed by atoms with Crippen molar-refractivity contribution in [3.63, 3.8) is 0 Å². The molecule has 188 valence electrons. The van der Waals surface area contributed by atoms with Crippen molar-refractivity contribution in [2.45, 2.75) is 78.8 Å². The quantitative estimate of drug-likeness (QED) is 0.335. The number of carbonyl (C=O) groups is 3. The third kappa shape index (κ3) is 7.87. The van der Waals surface area contributed by atoms with Gasteiger partial charge >= 0.3 is 17.9 Å². The molecule has 0 aromatic heterocycles. The second-order valence-electron chi connectivity index (χ2n) is 8.95. The molecule has 0 aromatic carbocycles. The van der Waals surface area contributed by atoms with Crippen LogP contribution in [-0.2, 0) is 33.3 Å². The Morgan fingerprint density at radius 3 is 2.53 bits per heavy atom. The number of hydrogen-bond acceptors (Lipinski definition) is 8. The van der Waals surface area contributed by atoms with Crippen LogP contribution in [0.5, 0.6) is 0 Å². The number of rotatable bonds is 7. The minimum absolute atomic E-state index is 0.144. The highest BCUT2D eigenvalue weighted by molar-refractivity contribution is 5.67. The molecule has 1 aliphatic carbocycles. The Bertz CT molecular complexity index is 881. The van der Waals surface area contributed by atoms with E-state index in [1.165, 1.54) is 27.0 Å². The summed E-state index contributed by atoms with van der Waals surface area (Å²) in [4.78, 5) is 34.8. The summed E-state index contributed by atoms with van der Waals surface area (Å²) >= 11 is 0. The Labute approximate surface area is 201 Å². The fraction of sp³-hybridized carbons (Fsp3) is 0.577. The van der Waals surface area contributed by atoms with Gasteiger partial charge in [-0.3, -0.25) is 14.4 Å². The molecular weight excluding hydrogens is 440 g/mol. The largest absolute Gasteiger partial charge is 0.462 e. The van der Waals surface area contributed by atoms with Crippen molar-refractivity contribution < 1.29 is 38.4 Å². The molecule has 2 rings (SSSR count). The number of aliphatic hydroxyl groups excluding tert-OH is 1. The van der Waals surface area contributed by atoms with Gasteiger partial charge in [0.1, 0.15) is 12.7 Å². The molecule has 0 fully saturated rings. The Hall–Kier alpha value is -2.87. The van der Waals surface area contributed by atoms with Crippen LogP contribution in [-0.4, -0.2) is 48.1 Å². The van der Waals surface area contributed by atoms with E-state index in [0.717, 1.165) is 23.1 Å². The SMILES string of the molecule is C=C1[C@@H]2[C@@H](OC(C)=O)OC=C([C@@H](C/C=C(\C)COC(C)=O)OC(C)=O)[C@H]2CC/C=C(/C)C[C@H]1O. The van der Waals surface area contributed by atoms with Crippen LogP contribution in [0, 0.1) is 11.8 Å². The summed E-state index contributed by atoms with van der Waals surface area (Å²) in [6.07, 6.45) is 5.18. The van der Waals surface area contributed by atoms with Crippen molar-refractivity contribution in [2.75, 3.05) is 6.61 Å².